The van der Waals surface area contributed by atoms with Crippen molar-refractivity contribution >= 4 is 51.5 Å². The number of imide groups is 1. The van der Waals surface area contributed by atoms with Crippen molar-refractivity contribution < 1.29 is 19.2 Å². The Morgan fingerprint density at radius 1 is 0.765 bits per heavy atom. The number of amides is 4. The monoisotopic (exact) mass is 468 g/mol. The van der Waals surface area contributed by atoms with E-state index < -0.39 is 23.6 Å². The number of carbonyl (C=O) groups is 4. The van der Waals surface area contributed by atoms with E-state index in [0.717, 1.165) is 4.90 Å². The number of carbonyl (C=O) groups excluding carboxylic acids is 4. The number of thiazole rings is 1. The van der Waals surface area contributed by atoms with Gasteiger partial charge in [-0.1, -0.05) is 24.3 Å². The van der Waals surface area contributed by atoms with Gasteiger partial charge in [0.15, 0.2) is 5.13 Å². The molecule has 4 aromatic rings. The normalized spacial score (nSPS) is 12.4. The molecule has 5 rings (SSSR count). The minimum atomic E-state index is -0.441. The van der Waals surface area contributed by atoms with Gasteiger partial charge in [-0.05, 0) is 48.5 Å². The molecule has 8 nitrogen and oxygen atoms in total. The Labute approximate surface area is 197 Å². The second-order valence-electron chi connectivity index (χ2n) is 7.33. The van der Waals surface area contributed by atoms with Crippen LogP contribution in [0.1, 0.15) is 41.4 Å². The number of nitrogens with one attached hydrogen (secondary N) is 2. The van der Waals surface area contributed by atoms with Gasteiger partial charge in [0.2, 0.25) is 0 Å². The van der Waals surface area contributed by atoms with Crippen LogP contribution in [0.15, 0.2) is 84.4 Å². The Hall–Kier alpha value is -4.63. The molecule has 0 spiro atoms. The van der Waals surface area contributed by atoms with Crippen LogP contribution in [-0.4, -0.2) is 28.6 Å². The highest BCUT2D eigenvalue weighted by molar-refractivity contribution is 7.13. The van der Waals surface area contributed by atoms with E-state index in [9.17, 15) is 19.2 Å². The van der Waals surface area contributed by atoms with E-state index in [1.54, 1.807) is 60.1 Å². The molecule has 166 valence electrons. The van der Waals surface area contributed by atoms with Gasteiger partial charge in [-0.25, -0.2) is 9.88 Å². The lowest BCUT2D eigenvalue weighted by molar-refractivity contribution is 0.0924. The lowest BCUT2D eigenvalue weighted by Crippen LogP contribution is -2.29. The third-order valence-electron chi connectivity index (χ3n) is 5.25. The summed E-state index contributed by atoms with van der Waals surface area (Å²) in [5.41, 5.74) is 1.99. The maximum Gasteiger partial charge on any atom is 0.266 e. The molecule has 1 aromatic heterocycles. The molecule has 0 saturated heterocycles. The van der Waals surface area contributed by atoms with Gasteiger partial charge in [0, 0.05) is 17.1 Å². The number of para-hydroxylation sites is 1. The van der Waals surface area contributed by atoms with E-state index in [0.29, 0.717) is 33.2 Å². The molecule has 0 bridgehead atoms. The molecule has 34 heavy (non-hydrogen) atoms. The van der Waals surface area contributed by atoms with Crippen LogP contribution in [0.4, 0.5) is 16.5 Å². The highest BCUT2D eigenvalue weighted by atomic mass is 32.1. The summed E-state index contributed by atoms with van der Waals surface area (Å²) in [7, 11) is 0. The highest BCUT2D eigenvalue weighted by Crippen LogP contribution is 2.28. The second-order valence-corrected chi connectivity index (χ2v) is 8.22. The van der Waals surface area contributed by atoms with Crippen molar-refractivity contribution in [3.63, 3.8) is 0 Å². The van der Waals surface area contributed by atoms with Gasteiger partial charge >= 0.3 is 0 Å². The molecule has 2 heterocycles. The molecule has 4 amide bonds. The molecule has 3 aromatic carbocycles. The molecule has 2 N–H and O–H groups in total. The number of anilines is 3. The van der Waals surface area contributed by atoms with Crippen molar-refractivity contribution in [2.24, 2.45) is 0 Å². The van der Waals surface area contributed by atoms with Crippen molar-refractivity contribution in [2.75, 3.05) is 15.5 Å². The van der Waals surface area contributed by atoms with Crippen LogP contribution in [0.25, 0.3) is 0 Å². The van der Waals surface area contributed by atoms with E-state index in [1.807, 2.05) is 0 Å². The zero-order valence-corrected chi connectivity index (χ0v) is 18.3. The Bertz CT molecular complexity index is 1400. The molecule has 0 atom stereocenters. The molecular weight excluding hydrogens is 452 g/mol. The van der Waals surface area contributed by atoms with E-state index in [4.69, 9.17) is 0 Å². The Morgan fingerprint density at radius 3 is 2.06 bits per heavy atom. The highest BCUT2D eigenvalue weighted by Gasteiger charge is 2.36. The van der Waals surface area contributed by atoms with Crippen molar-refractivity contribution in [1.29, 1.82) is 0 Å². The topological polar surface area (TPSA) is 108 Å². The summed E-state index contributed by atoms with van der Waals surface area (Å²) in [4.78, 5) is 55.9. The zero-order chi connectivity index (χ0) is 23.7. The summed E-state index contributed by atoms with van der Waals surface area (Å²) < 4.78 is 0. The first-order valence-electron chi connectivity index (χ1n) is 10.2. The lowest BCUT2D eigenvalue weighted by atomic mass is 10.1. The van der Waals surface area contributed by atoms with Crippen LogP contribution in [0.5, 0.6) is 0 Å². The third-order valence-corrected chi connectivity index (χ3v) is 5.94. The number of aromatic nitrogens is 1. The molecule has 0 unspecified atom stereocenters. The molecule has 0 saturated carbocycles. The first kappa shape index (κ1) is 21.2. The van der Waals surface area contributed by atoms with Crippen LogP contribution in [-0.2, 0) is 0 Å². The maximum atomic E-state index is 12.8. The number of hydrogen-bond acceptors (Lipinski definition) is 6. The van der Waals surface area contributed by atoms with Gasteiger partial charge in [-0.15, -0.1) is 11.3 Å². The number of fused-ring (bicyclic) bond motifs is 1. The summed E-state index contributed by atoms with van der Waals surface area (Å²) >= 11 is 1.29. The zero-order valence-electron chi connectivity index (χ0n) is 17.5. The predicted octanol–water partition coefficient (Wildman–Crippen LogP) is 4.45. The minimum Gasteiger partial charge on any atom is -0.321 e. The van der Waals surface area contributed by atoms with Crippen molar-refractivity contribution in [3.8, 4) is 0 Å². The fourth-order valence-corrected chi connectivity index (χ4v) is 4.14. The van der Waals surface area contributed by atoms with Gasteiger partial charge in [0.1, 0.15) is 0 Å². The van der Waals surface area contributed by atoms with E-state index in [-0.39, 0.29) is 5.56 Å². The number of benzene rings is 3. The molecule has 0 fully saturated rings. The van der Waals surface area contributed by atoms with Crippen LogP contribution in [0.2, 0.25) is 0 Å². The summed E-state index contributed by atoms with van der Waals surface area (Å²) in [5, 5.41) is 7.64. The van der Waals surface area contributed by atoms with Gasteiger partial charge in [0.25, 0.3) is 23.6 Å². The van der Waals surface area contributed by atoms with Crippen molar-refractivity contribution in [3.05, 3.63) is 107 Å². The van der Waals surface area contributed by atoms with E-state index in [2.05, 4.69) is 15.6 Å². The number of rotatable bonds is 5. The van der Waals surface area contributed by atoms with Crippen LogP contribution < -0.4 is 15.5 Å². The first-order valence-corrected chi connectivity index (χ1v) is 11.1. The average Bonchev–Trinajstić information content (AvgIpc) is 3.46. The fourth-order valence-electron chi connectivity index (χ4n) is 3.62. The molecular formula is C25H16N4O4S. The average molecular weight is 468 g/mol. The maximum absolute atomic E-state index is 12.8. The smallest absolute Gasteiger partial charge is 0.266 e. The van der Waals surface area contributed by atoms with Crippen LogP contribution in [0.3, 0.4) is 0 Å². The lowest BCUT2D eigenvalue weighted by Gasteiger charge is -2.15. The molecule has 1 aliphatic rings. The quantitative estimate of drug-likeness (QED) is 0.421. The summed E-state index contributed by atoms with van der Waals surface area (Å²) in [6.07, 6.45) is 1.58. The number of nitrogens with zero attached hydrogens (tertiary/aromatic N) is 2. The summed E-state index contributed by atoms with van der Waals surface area (Å²) in [5.74, 6) is -1.65. The van der Waals surface area contributed by atoms with Crippen LogP contribution >= 0.6 is 11.3 Å². The molecule has 1 aliphatic heterocycles. The predicted molar refractivity (Wildman–Crippen MR) is 128 cm³/mol. The Kier molecular flexibility index (Phi) is 5.44. The van der Waals surface area contributed by atoms with Gasteiger partial charge in [0.05, 0.1) is 28.1 Å². The minimum absolute atomic E-state index is 0.286. The van der Waals surface area contributed by atoms with Crippen molar-refractivity contribution in [2.45, 2.75) is 0 Å². The van der Waals surface area contributed by atoms with Gasteiger partial charge in [-0.3, -0.25) is 24.5 Å². The Morgan fingerprint density at radius 2 is 1.41 bits per heavy atom. The fraction of sp³-hybridized carbons (Fsp3) is 0. The largest absolute Gasteiger partial charge is 0.321 e. The van der Waals surface area contributed by atoms with Gasteiger partial charge < -0.3 is 5.32 Å². The summed E-state index contributed by atoms with van der Waals surface area (Å²) in [6, 6.07) is 19.4. The molecule has 0 radical (unpaired) electrons. The second kappa shape index (κ2) is 8.72. The van der Waals surface area contributed by atoms with Crippen LogP contribution in [0, 0.1) is 0 Å². The van der Waals surface area contributed by atoms with E-state index >= 15 is 0 Å². The Balaban J connectivity index is 1.33. The molecule has 0 aliphatic carbocycles. The molecule has 9 heteroatoms. The third kappa shape index (κ3) is 3.84. The van der Waals surface area contributed by atoms with Gasteiger partial charge in [-0.2, -0.15) is 0 Å². The van der Waals surface area contributed by atoms with E-state index in [1.165, 1.54) is 35.6 Å². The summed E-state index contributed by atoms with van der Waals surface area (Å²) in [6.45, 7) is 0. The standard InChI is InChI=1S/C25H16N4O4S/c30-21(27-20-8-4-3-7-19(20)22(31)28-25-26-13-14-34-25)15-9-11-16(12-10-15)29-23(32)17-5-1-2-6-18(17)24(29)33/h1-14H,(H,27,30)(H,26,28,31). The first-order chi connectivity index (χ1) is 16.5. The SMILES string of the molecule is O=C(Nc1ccccc1C(=O)Nc1nccs1)c1ccc(N2C(=O)c3ccccc3C2=O)cc1. The van der Waals surface area contributed by atoms with Crippen molar-refractivity contribution in [1.82, 2.24) is 4.98 Å². The number of hydrogen-bond donors (Lipinski definition) is 2.